The first kappa shape index (κ1) is 14.2. The molecule has 0 saturated heterocycles. The minimum atomic E-state index is -0.0583. The zero-order valence-corrected chi connectivity index (χ0v) is 12.5. The second kappa shape index (κ2) is 6.28. The van der Waals surface area contributed by atoms with Gasteiger partial charge in [0.15, 0.2) is 0 Å². The maximum atomic E-state index is 11.9. The van der Waals surface area contributed by atoms with Crippen LogP contribution in [0.5, 0.6) is 0 Å². The summed E-state index contributed by atoms with van der Waals surface area (Å²) < 4.78 is 0. The monoisotopic (exact) mass is 279 g/mol. The molecule has 19 heavy (non-hydrogen) atoms. The quantitative estimate of drug-likeness (QED) is 0.919. The Labute approximate surface area is 119 Å². The van der Waals surface area contributed by atoms with Crippen LogP contribution in [0.15, 0.2) is 18.3 Å². The first-order chi connectivity index (χ1) is 9.10. The van der Waals surface area contributed by atoms with Gasteiger partial charge in [-0.3, -0.25) is 9.78 Å². The molecule has 0 aromatic carbocycles. The zero-order chi connectivity index (χ0) is 13.8. The highest BCUT2D eigenvalue weighted by Gasteiger charge is 2.23. The van der Waals surface area contributed by atoms with Crippen LogP contribution in [-0.4, -0.2) is 47.4 Å². The lowest BCUT2D eigenvalue weighted by Crippen LogP contribution is -2.23. The van der Waals surface area contributed by atoms with Gasteiger partial charge in [-0.2, -0.15) is 11.8 Å². The number of pyridine rings is 1. The molecule has 1 aromatic heterocycles. The van der Waals surface area contributed by atoms with Gasteiger partial charge < -0.3 is 10.2 Å². The van der Waals surface area contributed by atoms with Crippen molar-refractivity contribution in [3.63, 3.8) is 0 Å². The molecule has 2 unspecified atom stereocenters. The molecule has 5 heteroatoms. The Morgan fingerprint density at radius 1 is 1.47 bits per heavy atom. The predicted octanol–water partition coefficient (Wildman–Crippen LogP) is 2.48. The molecule has 4 nitrogen and oxygen atoms in total. The number of carbonyl (C=O) groups excluding carboxylic acids is 1. The summed E-state index contributed by atoms with van der Waals surface area (Å²) in [6.07, 6.45) is 7.53. The van der Waals surface area contributed by atoms with Gasteiger partial charge in [0.2, 0.25) is 0 Å². The number of hydrogen-bond acceptors (Lipinski definition) is 4. The van der Waals surface area contributed by atoms with E-state index in [4.69, 9.17) is 0 Å². The van der Waals surface area contributed by atoms with Crippen LogP contribution in [0.4, 0.5) is 5.69 Å². The summed E-state index contributed by atoms with van der Waals surface area (Å²) in [4.78, 5) is 17.5. The van der Waals surface area contributed by atoms with Gasteiger partial charge >= 0.3 is 0 Å². The molecule has 1 heterocycles. The summed E-state index contributed by atoms with van der Waals surface area (Å²) >= 11 is 1.95. The predicted molar refractivity (Wildman–Crippen MR) is 80.8 cm³/mol. The van der Waals surface area contributed by atoms with E-state index in [1.807, 2.05) is 23.9 Å². The van der Waals surface area contributed by atoms with Crippen LogP contribution < -0.4 is 5.32 Å². The smallest absolute Gasteiger partial charge is 0.272 e. The summed E-state index contributed by atoms with van der Waals surface area (Å²) in [5.74, 6) is -0.0583. The van der Waals surface area contributed by atoms with Gasteiger partial charge in [-0.15, -0.1) is 0 Å². The Hall–Kier alpha value is -1.23. The fourth-order valence-electron chi connectivity index (χ4n) is 2.39. The molecular weight excluding hydrogens is 258 g/mol. The second-order valence-corrected chi connectivity index (χ2v) is 6.28. The molecule has 1 aromatic rings. The molecule has 1 aliphatic carbocycles. The molecule has 1 aliphatic rings. The third-order valence-electron chi connectivity index (χ3n) is 3.47. The Balaban J connectivity index is 2.01. The molecule has 104 valence electrons. The minimum Gasteiger partial charge on any atom is -0.382 e. The molecule has 0 spiro atoms. The summed E-state index contributed by atoms with van der Waals surface area (Å²) in [6, 6.07) is 4.29. The topological polar surface area (TPSA) is 45.2 Å². The molecule has 2 atom stereocenters. The molecule has 0 aliphatic heterocycles. The number of nitrogens with one attached hydrogen (secondary N) is 1. The third-order valence-corrected chi connectivity index (χ3v) is 4.57. The minimum absolute atomic E-state index is 0.0583. The van der Waals surface area contributed by atoms with Crippen LogP contribution in [0, 0.1) is 0 Å². The lowest BCUT2D eigenvalue weighted by atomic mass is 10.2. The van der Waals surface area contributed by atoms with Gasteiger partial charge in [0.25, 0.3) is 5.91 Å². The largest absolute Gasteiger partial charge is 0.382 e. The van der Waals surface area contributed by atoms with Crippen LogP contribution >= 0.6 is 11.8 Å². The van der Waals surface area contributed by atoms with Crippen molar-refractivity contribution in [3.8, 4) is 0 Å². The number of amides is 1. The fraction of sp³-hybridized carbons (Fsp3) is 0.571. The lowest BCUT2D eigenvalue weighted by Gasteiger charge is -2.15. The Morgan fingerprint density at radius 2 is 2.26 bits per heavy atom. The van der Waals surface area contributed by atoms with Gasteiger partial charge in [0.1, 0.15) is 5.69 Å². The van der Waals surface area contributed by atoms with Crippen molar-refractivity contribution in [3.05, 3.63) is 24.0 Å². The molecule has 2 rings (SSSR count). The average molecular weight is 279 g/mol. The standard InChI is InChI=1S/C14H21N3OS/c1-17(2)14(18)13-9-11(6-7-15-13)16-10-4-5-12(8-10)19-3/h6-7,9-10,12H,4-5,8H2,1-3H3,(H,15,16). The number of carbonyl (C=O) groups is 1. The van der Waals surface area contributed by atoms with Crippen molar-refractivity contribution in [1.29, 1.82) is 0 Å². The van der Waals surface area contributed by atoms with Crippen LogP contribution in [0.25, 0.3) is 0 Å². The first-order valence-corrected chi connectivity index (χ1v) is 7.86. The summed E-state index contributed by atoms with van der Waals surface area (Å²) in [5, 5.41) is 4.28. The van der Waals surface area contributed by atoms with E-state index in [-0.39, 0.29) is 5.91 Å². The third kappa shape index (κ3) is 3.62. The van der Waals surface area contributed by atoms with E-state index < -0.39 is 0 Å². The Kier molecular flexibility index (Phi) is 4.69. The highest BCUT2D eigenvalue weighted by atomic mass is 32.2. The molecular formula is C14H21N3OS. The molecule has 0 radical (unpaired) electrons. The Morgan fingerprint density at radius 3 is 2.89 bits per heavy atom. The van der Waals surface area contributed by atoms with E-state index in [1.54, 1.807) is 25.2 Å². The van der Waals surface area contributed by atoms with Crippen LogP contribution in [-0.2, 0) is 0 Å². The number of anilines is 1. The summed E-state index contributed by atoms with van der Waals surface area (Å²) in [6.45, 7) is 0. The van der Waals surface area contributed by atoms with Crippen LogP contribution in [0.3, 0.4) is 0 Å². The van der Waals surface area contributed by atoms with Crippen molar-refractivity contribution < 1.29 is 4.79 Å². The molecule has 1 saturated carbocycles. The van der Waals surface area contributed by atoms with E-state index >= 15 is 0 Å². The number of aromatic nitrogens is 1. The van der Waals surface area contributed by atoms with Crippen molar-refractivity contribution in [2.75, 3.05) is 25.7 Å². The number of thioether (sulfide) groups is 1. The van der Waals surface area contributed by atoms with E-state index in [9.17, 15) is 4.79 Å². The van der Waals surface area contributed by atoms with Crippen LogP contribution in [0.1, 0.15) is 29.8 Å². The van der Waals surface area contributed by atoms with Crippen molar-refractivity contribution in [2.45, 2.75) is 30.6 Å². The SMILES string of the molecule is CSC1CCC(Nc2ccnc(C(=O)N(C)C)c2)C1. The van der Waals surface area contributed by atoms with Crippen molar-refractivity contribution in [1.82, 2.24) is 9.88 Å². The van der Waals surface area contributed by atoms with E-state index in [2.05, 4.69) is 16.6 Å². The summed E-state index contributed by atoms with van der Waals surface area (Å²) in [5.41, 5.74) is 1.49. The van der Waals surface area contributed by atoms with Gasteiger partial charge in [0.05, 0.1) is 0 Å². The summed E-state index contributed by atoms with van der Waals surface area (Å²) in [7, 11) is 3.48. The molecule has 1 fully saturated rings. The Bertz CT molecular complexity index is 450. The number of rotatable bonds is 4. The van der Waals surface area contributed by atoms with Crippen LogP contribution in [0.2, 0.25) is 0 Å². The average Bonchev–Trinajstić information content (AvgIpc) is 2.85. The van der Waals surface area contributed by atoms with Gasteiger partial charge in [-0.25, -0.2) is 0 Å². The first-order valence-electron chi connectivity index (χ1n) is 6.57. The van der Waals surface area contributed by atoms with Gasteiger partial charge in [-0.05, 0) is 37.7 Å². The maximum Gasteiger partial charge on any atom is 0.272 e. The normalized spacial score (nSPS) is 22.3. The highest BCUT2D eigenvalue weighted by molar-refractivity contribution is 7.99. The van der Waals surface area contributed by atoms with E-state index in [1.165, 1.54) is 19.3 Å². The second-order valence-electron chi connectivity index (χ2n) is 5.14. The number of hydrogen-bond donors (Lipinski definition) is 1. The lowest BCUT2D eigenvalue weighted by molar-refractivity contribution is 0.0822. The van der Waals surface area contributed by atoms with Crippen molar-refractivity contribution in [2.24, 2.45) is 0 Å². The van der Waals surface area contributed by atoms with E-state index in [0.717, 1.165) is 10.9 Å². The van der Waals surface area contributed by atoms with Crippen molar-refractivity contribution >= 4 is 23.4 Å². The fourth-order valence-corrected chi connectivity index (χ4v) is 3.18. The molecule has 0 bridgehead atoms. The van der Waals surface area contributed by atoms with Gasteiger partial charge in [0, 0.05) is 37.3 Å². The maximum absolute atomic E-state index is 11.9. The molecule has 1 N–H and O–H groups in total. The van der Waals surface area contributed by atoms with E-state index in [0.29, 0.717) is 11.7 Å². The van der Waals surface area contributed by atoms with Gasteiger partial charge in [-0.1, -0.05) is 0 Å². The molecule has 1 amide bonds. The highest BCUT2D eigenvalue weighted by Crippen LogP contribution is 2.30. The zero-order valence-electron chi connectivity index (χ0n) is 11.7. The number of nitrogens with zero attached hydrogens (tertiary/aromatic N) is 2.